The fraction of sp³-hybridized carbons (Fsp3) is 0.667. The summed E-state index contributed by atoms with van der Waals surface area (Å²) in [6.07, 6.45) is 5.05. The molecule has 0 aliphatic heterocycles. The standard InChI is InChI=1S/C18H29NO2/c1-4-11-19-17-10-9-14(3)12-18(17)21-16-8-6-7-15(13-16)20-5-2/h6-8,13-14,17-19H,4-5,9-12H2,1-3H3. The third-order valence-corrected chi connectivity index (χ3v) is 4.11. The van der Waals surface area contributed by atoms with Crippen molar-refractivity contribution in [1.29, 1.82) is 0 Å². The Balaban J connectivity index is 2.01. The van der Waals surface area contributed by atoms with Gasteiger partial charge in [0, 0.05) is 12.1 Å². The molecule has 1 N–H and O–H groups in total. The summed E-state index contributed by atoms with van der Waals surface area (Å²) in [6.45, 7) is 8.28. The molecule has 21 heavy (non-hydrogen) atoms. The highest BCUT2D eigenvalue weighted by molar-refractivity contribution is 5.33. The van der Waals surface area contributed by atoms with E-state index < -0.39 is 0 Å². The van der Waals surface area contributed by atoms with Gasteiger partial charge in [-0.15, -0.1) is 0 Å². The first-order chi connectivity index (χ1) is 10.2. The zero-order valence-electron chi connectivity index (χ0n) is 13.6. The fourth-order valence-electron chi connectivity index (χ4n) is 3.00. The first-order valence-electron chi connectivity index (χ1n) is 8.35. The molecule has 3 unspecified atom stereocenters. The van der Waals surface area contributed by atoms with Crippen molar-refractivity contribution in [3.05, 3.63) is 24.3 Å². The molecule has 0 bridgehead atoms. The van der Waals surface area contributed by atoms with Crippen LogP contribution in [0.2, 0.25) is 0 Å². The van der Waals surface area contributed by atoms with Crippen molar-refractivity contribution in [3.8, 4) is 11.5 Å². The number of rotatable bonds is 7. The average Bonchev–Trinajstić information content (AvgIpc) is 2.47. The summed E-state index contributed by atoms with van der Waals surface area (Å²) in [5.41, 5.74) is 0. The second-order valence-electron chi connectivity index (χ2n) is 6.04. The van der Waals surface area contributed by atoms with Crippen molar-refractivity contribution in [1.82, 2.24) is 5.32 Å². The maximum atomic E-state index is 6.28. The second kappa shape index (κ2) is 8.28. The van der Waals surface area contributed by atoms with Crippen LogP contribution in [-0.2, 0) is 0 Å². The van der Waals surface area contributed by atoms with Gasteiger partial charge in [-0.05, 0) is 57.2 Å². The zero-order chi connectivity index (χ0) is 15.1. The van der Waals surface area contributed by atoms with Crippen LogP contribution in [0.3, 0.4) is 0 Å². The number of benzene rings is 1. The highest BCUT2D eigenvalue weighted by Gasteiger charge is 2.29. The minimum absolute atomic E-state index is 0.261. The van der Waals surface area contributed by atoms with E-state index in [-0.39, 0.29) is 6.10 Å². The number of hydrogen-bond acceptors (Lipinski definition) is 3. The Morgan fingerprint density at radius 2 is 2.00 bits per heavy atom. The van der Waals surface area contributed by atoms with Crippen molar-refractivity contribution in [3.63, 3.8) is 0 Å². The van der Waals surface area contributed by atoms with Gasteiger partial charge in [0.1, 0.15) is 17.6 Å². The van der Waals surface area contributed by atoms with Crippen LogP contribution >= 0.6 is 0 Å². The first-order valence-corrected chi connectivity index (χ1v) is 8.35. The van der Waals surface area contributed by atoms with E-state index >= 15 is 0 Å². The number of hydrogen-bond donors (Lipinski definition) is 1. The predicted octanol–water partition coefficient (Wildman–Crippen LogP) is 4.02. The van der Waals surface area contributed by atoms with E-state index in [2.05, 4.69) is 19.2 Å². The lowest BCUT2D eigenvalue weighted by atomic mass is 9.85. The van der Waals surface area contributed by atoms with Crippen LogP contribution in [0, 0.1) is 5.92 Å². The van der Waals surface area contributed by atoms with Gasteiger partial charge < -0.3 is 14.8 Å². The summed E-state index contributed by atoms with van der Waals surface area (Å²) in [5.74, 6) is 2.55. The van der Waals surface area contributed by atoms with E-state index in [9.17, 15) is 0 Å². The molecule has 0 saturated heterocycles. The van der Waals surface area contributed by atoms with Crippen molar-refractivity contribution in [2.45, 2.75) is 58.6 Å². The van der Waals surface area contributed by atoms with E-state index in [1.807, 2.05) is 31.2 Å². The molecule has 0 heterocycles. The molecule has 1 aliphatic rings. The Morgan fingerprint density at radius 3 is 2.76 bits per heavy atom. The summed E-state index contributed by atoms with van der Waals surface area (Å²) in [7, 11) is 0. The van der Waals surface area contributed by atoms with Crippen LogP contribution in [-0.4, -0.2) is 25.3 Å². The van der Waals surface area contributed by atoms with Gasteiger partial charge in [-0.3, -0.25) is 0 Å². The summed E-state index contributed by atoms with van der Waals surface area (Å²) < 4.78 is 11.8. The topological polar surface area (TPSA) is 30.5 Å². The zero-order valence-corrected chi connectivity index (χ0v) is 13.6. The summed E-state index contributed by atoms with van der Waals surface area (Å²) >= 11 is 0. The summed E-state index contributed by atoms with van der Waals surface area (Å²) in [6, 6.07) is 8.48. The Kier molecular flexibility index (Phi) is 6.37. The van der Waals surface area contributed by atoms with Crippen LogP contribution in [0.1, 0.15) is 46.5 Å². The van der Waals surface area contributed by atoms with Crippen molar-refractivity contribution >= 4 is 0 Å². The number of nitrogens with one attached hydrogen (secondary N) is 1. The first kappa shape index (κ1) is 16.2. The van der Waals surface area contributed by atoms with Gasteiger partial charge in [0.15, 0.2) is 0 Å². The molecule has 2 rings (SSSR count). The Morgan fingerprint density at radius 1 is 1.19 bits per heavy atom. The molecule has 1 aromatic carbocycles. The minimum Gasteiger partial charge on any atom is -0.494 e. The molecular weight excluding hydrogens is 262 g/mol. The molecule has 0 amide bonds. The van der Waals surface area contributed by atoms with Gasteiger partial charge >= 0.3 is 0 Å². The van der Waals surface area contributed by atoms with Gasteiger partial charge in [0.2, 0.25) is 0 Å². The van der Waals surface area contributed by atoms with Gasteiger partial charge in [0.25, 0.3) is 0 Å². The van der Waals surface area contributed by atoms with Crippen molar-refractivity contribution in [2.24, 2.45) is 5.92 Å². The van der Waals surface area contributed by atoms with E-state index in [4.69, 9.17) is 9.47 Å². The molecule has 1 aromatic rings. The molecule has 1 saturated carbocycles. The summed E-state index contributed by atoms with van der Waals surface area (Å²) in [5, 5.41) is 3.65. The van der Waals surface area contributed by atoms with E-state index in [0.717, 1.165) is 30.4 Å². The van der Waals surface area contributed by atoms with Crippen LogP contribution in [0.4, 0.5) is 0 Å². The van der Waals surface area contributed by atoms with Crippen LogP contribution in [0.5, 0.6) is 11.5 Å². The predicted molar refractivity (Wildman–Crippen MR) is 87.1 cm³/mol. The van der Waals surface area contributed by atoms with Crippen LogP contribution < -0.4 is 14.8 Å². The molecule has 1 aliphatic carbocycles. The monoisotopic (exact) mass is 291 g/mol. The molecule has 118 valence electrons. The smallest absolute Gasteiger partial charge is 0.123 e. The Hall–Kier alpha value is -1.22. The van der Waals surface area contributed by atoms with Gasteiger partial charge in [0.05, 0.1) is 6.61 Å². The normalized spacial score (nSPS) is 25.6. The third-order valence-electron chi connectivity index (χ3n) is 4.11. The lowest BCUT2D eigenvalue weighted by molar-refractivity contribution is 0.0906. The SMILES string of the molecule is CCCNC1CCC(C)CC1Oc1cccc(OCC)c1. The largest absolute Gasteiger partial charge is 0.494 e. The maximum absolute atomic E-state index is 6.28. The minimum atomic E-state index is 0.261. The lowest BCUT2D eigenvalue weighted by Crippen LogP contribution is -2.47. The highest BCUT2D eigenvalue weighted by atomic mass is 16.5. The van der Waals surface area contributed by atoms with Crippen LogP contribution in [0.15, 0.2) is 24.3 Å². The number of ether oxygens (including phenoxy) is 2. The lowest BCUT2D eigenvalue weighted by Gasteiger charge is -2.35. The second-order valence-corrected chi connectivity index (χ2v) is 6.04. The van der Waals surface area contributed by atoms with E-state index in [1.165, 1.54) is 19.3 Å². The Bertz CT molecular complexity index is 419. The van der Waals surface area contributed by atoms with E-state index in [0.29, 0.717) is 12.6 Å². The van der Waals surface area contributed by atoms with Gasteiger partial charge in [-0.2, -0.15) is 0 Å². The molecule has 0 radical (unpaired) electrons. The van der Waals surface area contributed by atoms with Gasteiger partial charge in [-0.1, -0.05) is 19.9 Å². The fourth-order valence-corrected chi connectivity index (χ4v) is 3.00. The quantitative estimate of drug-likeness (QED) is 0.823. The van der Waals surface area contributed by atoms with Crippen LogP contribution in [0.25, 0.3) is 0 Å². The third kappa shape index (κ3) is 4.92. The molecule has 0 spiro atoms. The molecule has 0 aromatic heterocycles. The van der Waals surface area contributed by atoms with E-state index in [1.54, 1.807) is 0 Å². The summed E-state index contributed by atoms with van der Waals surface area (Å²) in [4.78, 5) is 0. The van der Waals surface area contributed by atoms with Crippen molar-refractivity contribution in [2.75, 3.05) is 13.2 Å². The average molecular weight is 291 g/mol. The highest BCUT2D eigenvalue weighted by Crippen LogP contribution is 2.29. The molecule has 1 fully saturated rings. The maximum Gasteiger partial charge on any atom is 0.123 e. The molecular formula is C18H29NO2. The van der Waals surface area contributed by atoms with Gasteiger partial charge in [-0.25, -0.2) is 0 Å². The molecule has 3 heteroatoms. The molecule has 3 atom stereocenters. The molecule has 3 nitrogen and oxygen atoms in total. The Labute approximate surface area is 129 Å². The van der Waals surface area contributed by atoms with Crippen molar-refractivity contribution < 1.29 is 9.47 Å².